The highest BCUT2D eigenvalue weighted by atomic mass is 32.2. The Morgan fingerprint density at radius 3 is 2.71 bits per heavy atom. The summed E-state index contributed by atoms with van der Waals surface area (Å²) in [7, 11) is -3.48. The summed E-state index contributed by atoms with van der Waals surface area (Å²) in [5, 5.41) is 3.12. The lowest BCUT2D eigenvalue weighted by atomic mass is 10.1. The van der Waals surface area contributed by atoms with Crippen LogP contribution in [0.3, 0.4) is 0 Å². The van der Waals surface area contributed by atoms with Gasteiger partial charge in [-0.2, -0.15) is 4.31 Å². The first kappa shape index (κ1) is 16.2. The molecule has 0 atom stereocenters. The molecule has 0 spiro atoms. The van der Waals surface area contributed by atoms with Crippen LogP contribution >= 0.6 is 0 Å². The Kier molecular flexibility index (Phi) is 5.22. The van der Waals surface area contributed by atoms with Crippen LogP contribution in [-0.2, 0) is 10.0 Å². The molecule has 5 nitrogen and oxygen atoms in total. The van der Waals surface area contributed by atoms with E-state index in [1.165, 1.54) is 6.20 Å². The van der Waals surface area contributed by atoms with Gasteiger partial charge >= 0.3 is 0 Å². The van der Waals surface area contributed by atoms with Crippen molar-refractivity contribution in [3.8, 4) is 0 Å². The molecular formula is C15H25N3O2S. The van der Waals surface area contributed by atoms with Crippen molar-refractivity contribution in [2.24, 2.45) is 5.92 Å². The van der Waals surface area contributed by atoms with E-state index in [0.717, 1.165) is 19.3 Å². The molecule has 2 rings (SSSR count). The summed E-state index contributed by atoms with van der Waals surface area (Å²) in [5.74, 6) is 0.489. The molecule has 1 saturated carbocycles. The first-order chi connectivity index (χ1) is 9.96. The molecule has 21 heavy (non-hydrogen) atoms. The number of nitrogens with zero attached hydrogens (tertiary/aromatic N) is 2. The number of sulfonamides is 1. The van der Waals surface area contributed by atoms with E-state index < -0.39 is 10.0 Å². The van der Waals surface area contributed by atoms with Crippen LogP contribution in [0.1, 0.15) is 40.0 Å². The van der Waals surface area contributed by atoms with Gasteiger partial charge in [-0.05, 0) is 38.2 Å². The predicted molar refractivity (Wildman–Crippen MR) is 84.8 cm³/mol. The minimum absolute atomic E-state index is 0.170. The third kappa shape index (κ3) is 3.95. The summed E-state index contributed by atoms with van der Waals surface area (Å²) < 4.78 is 27.6. The number of anilines is 1. The maximum absolute atomic E-state index is 13.0. The minimum atomic E-state index is -3.48. The zero-order chi connectivity index (χ0) is 15.5. The maximum atomic E-state index is 13.0. The average molecular weight is 311 g/mol. The van der Waals surface area contributed by atoms with Gasteiger partial charge in [0.25, 0.3) is 0 Å². The second kappa shape index (κ2) is 6.75. The molecule has 1 fully saturated rings. The van der Waals surface area contributed by atoms with Crippen LogP contribution < -0.4 is 5.32 Å². The van der Waals surface area contributed by atoms with Crippen molar-refractivity contribution in [2.75, 3.05) is 18.4 Å². The van der Waals surface area contributed by atoms with Crippen LogP contribution in [0.25, 0.3) is 0 Å². The number of pyridine rings is 1. The highest BCUT2D eigenvalue weighted by molar-refractivity contribution is 7.89. The lowest BCUT2D eigenvalue weighted by Crippen LogP contribution is -2.35. The lowest BCUT2D eigenvalue weighted by molar-refractivity contribution is 0.373. The van der Waals surface area contributed by atoms with Gasteiger partial charge in [-0.3, -0.25) is 4.98 Å². The van der Waals surface area contributed by atoms with Gasteiger partial charge in [0, 0.05) is 31.5 Å². The van der Waals surface area contributed by atoms with E-state index in [-0.39, 0.29) is 6.04 Å². The lowest BCUT2D eigenvalue weighted by Gasteiger charge is -2.24. The summed E-state index contributed by atoms with van der Waals surface area (Å²) >= 11 is 0. The molecule has 0 aliphatic heterocycles. The van der Waals surface area contributed by atoms with Gasteiger partial charge in [-0.25, -0.2) is 8.42 Å². The van der Waals surface area contributed by atoms with E-state index in [2.05, 4.69) is 24.1 Å². The van der Waals surface area contributed by atoms with Crippen molar-refractivity contribution in [3.05, 3.63) is 18.5 Å². The standard InChI is InChI=1S/C15H25N3O2S/c1-4-17-14-7-9-16-11-15(14)21(19,20)18(13-5-6-13)10-8-12(2)3/h7,9,11-13H,4-6,8,10H2,1-3H3,(H,16,17). The van der Waals surface area contributed by atoms with E-state index in [9.17, 15) is 8.42 Å². The quantitative estimate of drug-likeness (QED) is 0.802. The van der Waals surface area contributed by atoms with Crippen LogP contribution in [0.2, 0.25) is 0 Å². The van der Waals surface area contributed by atoms with Gasteiger partial charge in [0.2, 0.25) is 10.0 Å². The minimum Gasteiger partial charge on any atom is -0.384 e. The molecule has 1 heterocycles. The smallest absolute Gasteiger partial charge is 0.246 e. The van der Waals surface area contributed by atoms with Gasteiger partial charge in [0.15, 0.2) is 0 Å². The molecule has 1 aromatic rings. The molecule has 0 bridgehead atoms. The van der Waals surface area contributed by atoms with Gasteiger partial charge in [-0.1, -0.05) is 13.8 Å². The van der Waals surface area contributed by atoms with Crippen molar-refractivity contribution in [3.63, 3.8) is 0 Å². The van der Waals surface area contributed by atoms with Crippen molar-refractivity contribution in [2.45, 2.75) is 51.0 Å². The second-order valence-electron chi connectivity index (χ2n) is 5.93. The van der Waals surface area contributed by atoms with Crippen molar-refractivity contribution >= 4 is 15.7 Å². The summed E-state index contributed by atoms with van der Waals surface area (Å²) in [4.78, 5) is 4.30. The fraction of sp³-hybridized carbons (Fsp3) is 0.667. The van der Waals surface area contributed by atoms with Crippen molar-refractivity contribution in [1.82, 2.24) is 9.29 Å². The van der Waals surface area contributed by atoms with Crippen molar-refractivity contribution < 1.29 is 8.42 Å². The molecule has 118 valence electrons. The summed E-state index contributed by atoms with van der Waals surface area (Å²) in [6, 6.07) is 1.90. The molecule has 6 heteroatoms. The van der Waals surface area contributed by atoms with Gasteiger partial charge in [-0.15, -0.1) is 0 Å². The number of hydrogen-bond donors (Lipinski definition) is 1. The topological polar surface area (TPSA) is 62.3 Å². The van der Waals surface area contributed by atoms with Crippen LogP contribution in [0, 0.1) is 5.92 Å². The Balaban J connectivity index is 2.30. The monoisotopic (exact) mass is 311 g/mol. The molecule has 1 N–H and O–H groups in total. The highest BCUT2D eigenvalue weighted by Gasteiger charge is 2.38. The highest BCUT2D eigenvalue weighted by Crippen LogP contribution is 2.34. The Morgan fingerprint density at radius 2 is 2.14 bits per heavy atom. The fourth-order valence-corrected chi connectivity index (χ4v) is 4.11. The van der Waals surface area contributed by atoms with Gasteiger partial charge in [0.05, 0.1) is 5.69 Å². The van der Waals surface area contributed by atoms with Crippen LogP contribution in [0.5, 0.6) is 0 Å². The summed E-state index contributed by atoms with van der Waals surface area (Å²) in [5.41, 5.74) is 0.641. The summed E-state index contributed by atoms with van der Waals surface area (Å²) in [6.07, 6.45) is 5.89. The largest absolute Gasteiger partial charge is 0.384 e. The number of aromatic nitrogens is 1. The van der Waals surface area contributed by atoms with E-state index in [0.29, 0.717) is 29.6 Å². The number of hydrogen-bond acceptors (Lipinski definition) is 4. The average Bonchev–Trinajstić information content (AvgIpc) is 3.24. The van der Waals surface area contributed by atoms with Crippen molar-refractivity contribution in [1.29, 1.82) is 0 Å². The third-order valence-corrected chi connectivity index (χ3v) is 5.60. The zero-order valence-corrected chi connectivity index (χ0v) is 13.9. The van der Waals surface area contributed by atoms with Crippen LogP contribution in [-0.4, -0.2) is 36.8 Å². The van der Waals surface area contributed by atoms with Gasteiger partial charge in [0.1, 0.15) is 4.90 Å². The third-order valence-electron chi connectivity index (χ3n) is 3.62. The SMILES string of the molecule is CCNc1ccncc1S(=O)(=O)N(CCC(C)C)C1CC1. The number of rotatable bonds is 8. The van der Waals surface area contributed by atoms with Crippen LogP contribution in [0.4, 0.5) is 5.69 Å². The first-order valence-electron chi connectivity index (χ1n) is 7.66. The normalized spacial score (nSPS) is 15.7. The molecular weight excluding hydrogens is 286 g/mol. The Bertz CT molecular complexity index is 568. The molecule has 0 amide bonds. The first-order valence-corrected chi connectivity index (χ1v) is 9.10. The van der Waals surface area contributed by atoms with Gasteiger partial charge < -0.3 is 5.32 Å². The van der Waals surface area contributed by atoms with E-state index in [4.69, 9.17) is 0 Å². The van der Waals surface area contributed by atoms with E-state index in [1.807, 2.05) is 6.92 Å². The molecule has 1 aliphatic carbocycles. The molecule has 0 radical (unpaired) electrons. The fourth-order valence-electron chi connectivity index (χ4n) is 2.30. The van der Waals surface area contributed by atoms with E-state index in [1.54, 1.807) is 16.6 Å². The van der Waals surface area contributed by atoms with E-state index >= 15 is 0 Å². The predicted octanol–water partition coefficient (Wildman–Crippen LogP) is 2.71. The second-order valence-corrected chi connectivity index (χ2v) is 7.79. The Morgan fingerprint density at radius 1 is 1.43 bits per heavy atom. The maximum Gasteiger partial charge on any atom is 0.246 e. The summed E-state index contributed by atoms with van der Waals surface area (Å²) in [6.45, 7) is 7.46. The van der Waals surface area contributed by atoms with Crippen LogP contribution in [0.15, 0.2) is 23.4 Å². The molecule has 0 aromatic carbocycles. The Labute approximate surface area is 127 Å². The molecule has 0 saturated heterocycles. The Hall–Kier alpha value is -1.14. The molecule has 1 aliphatic rings. The molecule has 1 aromatic heterocycles. The zero-order valence-electron chi connectivity index (χ0n) is 13.0. The molecule has 0 unspecified atom stereocenters. The number of nitrogens with one attached hydrogen (secondary N) is 1.